The van der Waals surface area contributed by atoms with Gasteiger partial charge in [0.05, 0.1) is 0 Å². The largest absolute Gasteiger partial charge is 0.377 e. The second-order valence-electron chi connectivity index (χ2n) is 4.27. The van der Waals surface area contributed by atoms with Gasteiger partial charge in [0, 0.05) is 24.9 Å². The first kappa shape index (κ1) is 15.9. The summed E-state index contributed by atoms with van der Waals surface area (Å²) in [5.74, 6) is 0.486. The van der Waals surface area contributed by atoms with E-state index in [9.17, 15) is 4.79 Å². The van der Waals surface area contributed by atoms with Crippen LogP contribution in [0.5, 0.6) is 0 Å². The number of hydrogen-bond acceptors (Lipinski definition) is 6. The van der Waals surface area contributed by atoms with Crippen LogP contribution < -0.4 is 5.56 Å². The van der Waals surface area contributed by atoms with E-state index in [4.69, 9.17) is 16.3 Å². The van der Waals surface area contributed by atoms with Crippen LogP contribution in [0.3, 0.4) is 0 Å². The van der Waals surface area contributed by atoms with Crippen LogP contribution in [0.1, 0.15) is 24.9 Å². The average molecular weight is 327 g/mol. The predicted molar refractivity (Wildman–Crippen MR) is 80.7 cm³/mol. The Morgan fingerprint density at radius 3 is 2.86 bits per heavy atom. The zero-order chi connectivity index (χ0) is 15.2. The van der Waals surface area contributed by atoms with Crippen molar-refractivity contribution < 1.29 is 4.74 Å². The molecule has 112 valence electrons. The molecule has 1 N–H and O–H groups in total. The molecule has 0 saturated carbocycles. The van der Waals surface area contributed by atoms with Gasteiger partial charge < -0.3 is 9.72 Å². The molecule has 0 bridgehead atoms. The van der Waals surface area contributed by atoms with E-state index in [1.54, 1.807) is 13.2 Å². The van der Waals surface area contributed by atoms with Crippen LogP contribution in [0.2, 0.25) is 5.15 Å². The van der Waals surface area contributed by atoms with E-state index < -0.39 is 0 Å². The number of aromatic nitrogens is 4. The Hall–Kier alpha value is -1.44. The van der Waals surface area contributed by atoms with Gasteiger partial charge in [-0.25, -0.2) is 15.0 Å². The van der Waals surface area contributed by atoms with E-state index in [-0.39, 0.29) is 12.2 Å². The van der Waals surface area contributed by atoms with Crippen LogP contribution >= 0.6 is 23.4 Å². The number of H-pyrrole nitrogens is 1. The molecule has 0 unspecified atom stereocenters. The topological polar surface area (TPSA) is 80.8 Å². The van der Waals surface area contributed by atoms with Gasteiger partial charge in [-0.2, -0.15) is 0 Å². The number of aromatic amines is 1. The first-order valence-corrected chi connectivity index (χ1v) is 7.60. The predicted octanol–water partition coefficient (Wildman–Crippen LogP) is 2.46. The number of halogens is 1. The monoisotopic (exact) mass is 326 g/mol. The molecule has 0 atom stereocenters. The van der Waals surface area contributed by atoms with Crippen molar-refractivity contribution in [2.75, 3.05) is 7.11 Å². The molecule has 2 heterocycles. The van der Waals surface area contributed by atoms with E-state index >= 15 is 0 Å². The van der Waals surface area contributed by atoms with Crippen LogP contribution in [0, 0.1) is 0 Å². The Kier molecular flexibility index (Phi) is 5.72. The van der Waals surface area contributed by atoms with Crippen LogP contribution in [-0.2, 0) is 17.8 Å². The number of methoxy groups -OCH3 is 1. The Labute approximate surface area is 131 Å². The minimum Gasteiger partial charge on any atom is -0.377 e. The average Bonchev–Trinajstić information content (AvgIpc) is 2.37. The highest BCUT2D eigenvalue weighted by atomic mass is 35.5. The molecule has 2 aromatic heterocycles. The quantitative estimate of drug-likeness (QED) is 0.648. The number of hydrogen-bond donors (Lipinski definition) is 1. The smallest absolute Gasteiger partial charge is 0.251 e. The first-order valence-electron chi connectivity index (χ1n) is 6.41. The number of nitrogens with one attached hydrogen (secondary N) is 1. The molecule has 2 rings (SSSR count). The van der Waals surface area contributed by atoms with Crippen LogP contribution in [0.4, 0.5) is 0 Å². The van der Waals surface area contributed by atoms with E-state index in [1.165, 1.54) is 17.8 Å². The Balaban J connectivity index is 2.27. The van der Waals surface area contributed by atoms with Crippen LogP contribution in [0.15, 0.2) is 27.1 Å². The van der Waals surface area contributed by atoms with Crippen molar-refractivity contribution >= 4 is 23.4 Å². The molecule has 0 aliphatic rings. The fourth-order valence-electron chi connectivity index (χ4n) is 1.70. The summed E-state index contributed by atoms with van der Waals surface area (Å²) < 4.78 is 4.99. The number of rotatable bonds is 6. The first-order chi connectivity index (χ1) is 10.1. The second kappa shape index (κ2) is 7.53. The van der Waals surface area contributed by atoms with E-state index in [0.29, 0.717) is 21.2 Å². The maximum absolute atomic E-state index is 11.6. The maximum atomic E-state index is 11.6. The molecule has 21 heavy (non-hydrogen) atoms. The summed E-state index contributed by atoms with van der Waals surface area (Å²) in [6, 6.07) is 3.13. The number of aryl methyl sites for hydroxylation is 1. The Morgan fingerprint density at radius 2 is 2.14 bits per heavy atom. The van der Waals surface area contributed by atoms with Gasteiger partial charge in [0.25, 0.3) is 5.56 Å². The SMILES string of the molecule is CCCc1cc(=O)[nH]c(Sc2cc(Cl)nc(COC)n2)n1. The molecule has 0 saturated heterocycles. The van der Waals surface area contributed by atoms with Crippen molar-refractivity contribution in [2.45, 2.75) is 36.6 Å². The highest BCUT2D eigenvalue weighted by Crippen LogP contribution is 2.24. The lowest BCUT2D eigenvalue weighted by molar-refractivity contribution is 0.177. The summed E-state index contributed by atoms with van der Waals surface area (Å²) in [5.41, 5.74) is 0.592. The summed E-state index contributed by atoms with van der Waals surface area (Å²) >= 11 is 7.19. The van der Waals surface area contributed by atoms with Crippen molar-refractivity contribution in [3.05, 3.63) is 39.2 Å². The van der Waals surface area contributed by atoms with Crippen LogP contribution in [0.25, 0.3) is 0 Å². The lowest BCUT2D eigenvalue weighted by Crippen LogP contribution is -2.10. The zero-order valence-corrected chi connectivity index (χ0v) is 13.3. The van der Waals surface area contributed by atoms with E-state index in [0.717, 1.165) is 18.5 Å². The number of ether oxygens (including phenoxy) is 1. The molecule has 6 nitrogen and oxygen atoms in total. The molecule has 0 spiro atoms. The van der Waals surface area contributed by atoms with E-state index in [2.05, 4.69) is 19.9 Å². The molecule has 0 aromatic carbocycles. The molecule has 0 fully saturated rings. The minimum atomic E-state index is -0.173. The summed E-state index contributed by atoms with van der Waals surface area (Å²) in [6.45, 7) is 2.31. The Bertz CT molecular complexity index is 677. The molecule has 0 aliphatic carbocycles. The summed E-state index contributed by atoms with van der Waals surface area (Å²) in [6.07, 6.45) is 1.69. The molecule has 8 heteroatoms. The Morgan fingerprint density at radius 1 is 1.33 bits per heavy atom. The highest BCUT2D eigenvalue weighted by Gasteiger charge is 2.08. The molecule has 0 amide bonds. The standard InChI is InChI=1S/C13H15ClN4O2S/c1-3-4-8-5-11(19)18-13(15-8)21-12-6-9(14)16-10(17-12)7-20-2/h5-6H,3-4,7H2,1-2H3,(H,15,18,19). The highest BCUT2D eigenvalue weighted by molar-refractivity contribution is 7.99. The fraction of sp³-hybridized carbons (Fsp3) is 0.385. The summed E-state index contributed by atoms with van der Waals surface area (Å²) in [4.78, 5) is 27.1. The minimum absolute atomic E-state index is 0.173. The van der Waals surface area contributed by atoms with Crippen LogP contribution in [-0.4, -0.2) is 27.0 Å². The third-order valence-electron chi connectivity index (χ3n) is 2.47. The normalized spacial score (nSPS) is 10.8. The zero-order valence-electron chi connectivity index (χ0n) is 11.7. The van der Waals surface area contributed by atoms with Gasteiger partial charge in [-0.05, 0) is 18.2 Å². The fourth-order valence-corrected chi connectivity index (χ4v) is 2.80. The van der Waals surface area contributed by atoms with Gasteiger partial charge in [-0.15, -0.1) is 0 Å². The number of nitrogens with zero attached hydrogens (tertiary/aromatic N) is 3. The molecular formula is C13H15ClN4O2S. The third-order valence-corrected chi connectivity index (χ3v) is 3.47. The van der Waals surface area contributed by atoms with Crippen molar-refractivity contribution in [3.63, 3.8) is 0 Å². The summed E-state index contributed by atoms with van der Waals surface area (Å²) in [7, 11) is 1.56. The molecule has 2 aromatic rings. The maximum Gasteiger partial charge on any atom is 0.251 e. The van der Waals surface area contributed by atoms with Gasteiger partial charge in [0.15, 0.2) is 11.0 Å². The van der Waals surface area contributed by atoms with Gasteiger partial charge in [-0.1, -0.05) is 24.9 Å². The van der Waals surface area contributed by atoms with Crippen molar-refractivity contribution in [1.82, 2.24) is 19.9 Å². The van der Waals surface area contributed by atoms with Gasteiger partial charge in [0.2, 0.25) is 0 Å². The second-order valence-corrected chi connectivity index (χ2v) is 5.67. The molecular weight excluding hydrogens is 312 g/mol. The summed E-state index contributed by atoms with van der Waals surface area (Å²) in [5, 5.41) is 1.43. The van der Waals surface area contributed by atoms with Gasteiger partial charge in [0.1, 0.15) is 16.8 Å². The lowest BCUT2D eigenvalue weighted by Gasteiger charge is -2.05. The van der Waals surface area contributed by atoms with Gasteiger partial charge >= 0.3 is 0 Å². The van der Waals surface area contributed by atoms with Crippen molar-refractivity contribution in [3.8, 4) is 0 Å². The lowest BCUT2D eigenvalue weighted by atomic mass is 10.2. The molecule has 0 aliphatic heterocycles. The molecule has 0 radical (unpaired) electrons. The third kappa shape index (κ3) is 4.80. The van der Waals surface area contributed by atoms with Crippen molar-refractivity contribution in [2.24, 2.45) is 0 Å². The van der Waals surface area contributed by atoms with E-state index in [1.807, 2.05) is 6.92 Å². The van der Waals surface area contributed by atoms with Crippen molar-refractivity contribution in [1.29, 1.82) is 0 Å². The van der Waals surface area contributed by atoms with Gasteiger partial charge in [-0.3, -0.25) is 4.79 Å².